The summed E-state index contributed by atoms with van der Waals surface area (Å²) in [6, 6.07) is 8.28. The van der Waals surface area contributed by atoms with Gasteiger partial charge in [-0.2, -0.15) is 0 Å². The van der Waals surface area contributed by atoms with Gasteiger partial charge in [-0.05, 0) is 30.4 Å². The molecule has 4 heteroatoms. The van der Waals surface area contributed by atoms with E-state index < -0.39 is 0 Å². The molecule has 0 aliphatic heterocycles. The molecule has 0 saturated heterocycles. The van der Waals surface area contributed by atoms with Gasteiger partial charge in [0.1, 0.15) is 0 Å². The van der Waals surface area contributed by atoms with E-state index in [9.17, 15) is 9.59 Å². The number of rotatable bonds is 6. The number of nitrogens with one attached hydrogen (secondary N) is 1. The molecule has 1 N–H and O–H groups in total. The third-order valence-electron chi connectivity index (χ3n) is 4.76. The highest BCUT2D eigenvalue weighted by atomic mass is 16.2. The number of para-hydroxylation sites is 1. The van der Waals surface area contributed by atoms with Crippen molar-refractivity contribution < 1.29 is 9.59 Å². The molecule has 0 spiro atoms. The van der Waals surface area contributed by atoms with Crippen LogP contribution < -0.4 is 10.2 Å². The molecular formula is C20H30N2O2. The minimum atomic E-state index is -0.0198. The smallest absolute Gasteiger partial charge is 0.223 e. The Morgan fingerprint density at radius 1 is 1.17 bits per heavy atom. The van der Waals surface area contributed by atoms with Gasteiger partial charge in [0.2, 0.25) is 11.8 Å². The molecule has 0 aromatic heterocycles. The van der Waals surface area contributed by atoms with Gasteiger partial charge in [0.15, 0.2) is 0 Å². The predicted octanol–water partition coefficient (Wildman–Crippen LogP) is 4.00. The second-order valence-corrected chi connectivity index (χ2v) is 7.04. The third-order valence-corrected chi connectivity index (χ3v) is 4.76. The van der Waals surface area contributed by atoms with Crippen LogP contribution in [0.3, 0.4) is 0 Å². The van der Waals surface area contributed by atoms with Crippen molar-refractivity contribution in [2.75, 3.05) is 11.4 Å². The van der Waals surface area contributed by atoms with Crippen LogP contribution in [0.1, 0.15) is 70.8 Å². The van der Waals surface area contributed by atoms with E-state index >= 15 is 0 Å². The first-order chi connectivity index (χ1) is 11.5. The standard InChI is InChI=1S/C20H30N2O2/c1-15(2)18-11-7-8-12-19(18)22(16(3)23)14-13-20(24)21-17-9-5-4-6-10-17/h7-8,11-12,15,17H,4-6,9-10,13-14H2,1-3H3,(H,21,24). The van der Waals surface area contributed by atoms with Crippen molar-refractivity contribution in [3.8, 4) is 0 Å². The average Bonchev–Trinajstić information content (AvgIpc) is 2.56. The Balaban J connectivity index is 1.99. The Bertz CT molecular complexity index is 563. The topological polar surface area (TPSA) is 49.4 Å². The Morgan fingerprint density at radius 2 is 1.83 bits per heavy atom. The lowest BCUT2D eigenvalue weighted by Gasteiger charge is -2.26. The zero-order valence-electron chi connectivity index (χ0n) is 15.2. The van der Waals surface area contributed by atoms with E-state index in [2.05, 4.69) is 25.2 Å². The van der Waals surface area contributed by atoms with Crippen molar-refractivity contribution in [3.05, 3.63) is 29.8 Å². The normalized spacial score (nSPS) is 15.3. The van der Waals surface area contributed by atoms with Gasteiger partial charge >= 0.3 is 0 Å². The Hall–Kier alpha value is -1.84. The minimum Gasteiger partial charge on any atom is -0.353 e. The summed E-state index contributed by atoms with van der Waals surface area (Å²) in [6.45, 7) is 6.23. The van der Waals surface area contributed by atoms with E-state index in [1.807, 2.05) is 18.2 Å². The predicted molar refractivity (Wildman–Crippen MR) is 98.2 cm³/mol. The van der Waals surface area contributed by atoms with Crippen LogP contribution in [0.5, 0.6) is 0 Å². The van der Waals surface area contributed by atoms with Gasteiger partial charge < -0.3 is 10.2 Å². The Kier molecular flexibility index (Phi) is 6.83. The highest BCUT2D eigenvalue weighted by Gasteiger charge is 2.19. The van der Waals surface area contributed by atoms with E-state index in [1.54, 1.807) is 11.8 Å². The first-order valence-electron chi connectivity index (χ1n) is 9.15. The van der Waals surface area contributed by atoms with Crippen LogP contribution in [0.15, 0.2) is 24.3 Å². The monoisotopic (exact) mass is 330 g/mol. The van der Waals surface area contributed by atoms with Crippen molar-refractivity contribution in [1.29, 1.82) is 0 Å². The fraction of sp³-hybridized carbons (Fsp3) is 0.600. The second kappa shape index (κ2) is 8.86. The summed E-state index contributed by atoms with van der Waals surface area (Å²) in [5, 5.41) is 3.13. The van der Waals surface area contributed by atoms with Crippen LogP contribution in [0, 0.1) is 0 Å². The highest BCUT2D eigenvalue weighted by molar-refractivity contribution is 5.93. The van der Waals surface area contributed by atoms with Gasteiger partial charge in [-0.25, -0.2) is 0 Å². The van der Waals surface area contributed by atoms with E-state index in [-0.39, 0.29) is 11.8 Å². The molecule has 1 aromatic rings. The molecule has 4 nitrogen and oxygen atoms in total. The van der Waals surface area contributed by atoms with Gasteiger partial charge in [0, 0.05) is 31.6 Å². The quantitative estimate of drug-likeness (QED) is 0.857. The molecule has 1 aromatic carbocycles. The van der Waals surface area contributed by atoms with Crippen molar-refractivity contribution in [3.63, 3.8) is 0 Å². The number of anilines is 1. The summed E-state index contributed by atoms with van der Waals surface area (Å²) in [6.07, 6.45) is 6.19. The maximum atomic E-state index is 12.2. The van der Waals surface area contributed by atoms with Crippen molar-refractivity contribution >= 4 is 17.5 Å². The zero-order chi connectivity index (χ0) is 17.5. The summed E-state index contributed by atoms with van der Waals surface area (Å²) in [5.74, 6) is 0.364. The van der Waals surface area contributed by atoms with Crippen molar-refractivity contribution in [1.82, 2.24) is 5.32 Å². The van der Waals surface area contributed by atoms with Crippen molar-refractivity contribution in [2.24, 2.45) is 0 Å². The second-order valence-electron chi connectivity index (χ2n) is 7.04. The van der Waals surface area contributed by atoms with Gasteiger partial charge in [-0.1, -0.05) is 51.3 Å². The van der Waals surface area contributed by atoms with Crippen LogP contribution in [-0.2, 0) is 9.59 Å². The molecule has 132 valence electrons. The fourth-order valence-electron chi connectivity index (χ4n) is 3.43. The molecule has 0 bridgehead atoms. The molecule has 0 heterocycles. The van der Waals surface area contributed by atoms with Crippen molar-refractivity contribution in [2.45, 2.75) is 71.3 Å². The van der Waals surface area contributed by atoms with Gasteiger partial charge in [-0.15, -0.1) is 0 Å². The first-order valence-corrected chi connectivity index (χ1v) is 9.15. The number of hydrogen-bond acceptors (Lipinski definition) is 2. The van der Waals surface area contributed by atoms with E-state index in [1.165, 1.54) is 19.3 Å². The molecule has 2 amide bonds. The lowest BCUT2D eigenvalue weighted by Crippen LogP contribution is -2.39. The SMILES string of the molecule is CC(=O)N(CCC(=O)NC1CCCCC1)c1ccccc1C(C)C. The number of amides is 2. The zero-order valence-corrected chi connectivity index (χ0v) is 15.2. The fourth-order valence-corrected chi connectivity index (χ4v) is 3.43. The largest absolute Gasteiger partial charge is 0.353 e. The van der Waals surface area contributed by atoms with Crippen LogP contribution >= 0.6 is 0 Å². The van der Waals surface area contributed by atoms with E-state index in [0.29, 0.717) is 24.9 Å². The average molecular weight is 330 g/mol. The molecule has 1 aliphatic rings. The van der Waals surface area contributed by atoms with E-state index in [0.717, 1.165) is 24.1 Å². The molecule has 0 unspecified atom stereocenters. The Morgan fingerprint density at radius 3 is 2.46 bits per heavy atom. The number of nitrogens with zero attached hydrogens (tertiary/aromatic N) is 1. The lowest BCUT2D eigenvalue weighted by atomic mass is 9.95. The summed E-state index contributed by atoms with van der Waals surface area (Å²) in [5.41, 5.74) is 2.06. The molecule has 0 atom stereocenters. The molecule has 2 rings (SSSR count). The first kappa shape index (κ1) is 18.5. The molecule has 24 heavy (non-hydrogen) atoms. The molecule has 1 aliphatic carbocycles. The Labute approximate surface area is 145 Å². The molecule has 1 fully saturated rings. The third kappa shape index (κ3) is 5.08. The highest BCUT2D eigenvalue weighted by Crippen LogP contribution is 2.27. The van der Waals surface area contributed by atoms with Crippen LogP contribution in [0.4, 0.5) is 5.69 Å². The maximum Gasteiger partial charge on any atom is 0.223 e. The van der Waals surface area contributed by atoms with Gasteiger partial charge in [0.05, 0.1) is 0 Å². The summed E-state index contributed by atoms with van der Waals surface area (Å²) in [4.78, 5) is 26.1. The minimum absolute atomic E-state index is 0.0198. The van der Waals surface area contributed by atoms with Crippen LogP contribution in [0.25, 0.3) is 0 Å². The number of carbonyl (C=O) groups is 2. The number of benzene rings is 1. The molecular weight excluding hydrogens is 300 g/mol. The van der Waals surface area contributed by atoms with Crippen LogP contribution in [0.2, 0.25) is 0 Å². The van der Waals surface area contributed by atoms with Gasteiger partial charge in [0.25, 0.3) is 0 Å². The summed E-state index contributed by atoms with van der Waals surface area (Å²) >= 11 is 0. The van der Waals surface area contributed by atoms with E-state index in [4.69, 9.17) is 0 Å². The molecule has 1 saturated carbocycles. The number of hydrogen-bond donors (Lipinski definition) is 1. The summed E-state index contributed by atoms with van der Waals surface area (Å²) in [7, 11) is 0. The van der Waals surface area contributed by atoms with Crippen LogP contribution in [-0.4, -0.2) is 24.4 Å². The van der Waals surface area contributed by atoms with Gasteiger partial charge in [-0.3, -0.25) is 9.59 Å². The molecule has 0 radical (unpaired) electrons. The number of carbonyl (C=O) groups excluding carboxylic acids is 2. The maximum absolute atomic E-state index is 12.2. The summed E-state index contributed by atoms with van der Waals surface area (Å²) < 4.78 is 0. The lowest BCUT2D eigenvalue weighted by molar-refractivity contribution is -0.121.